The smallest absolute Gasteiger partial charge is 0.462 e. The monoisotopic (exact) mass is 674 g/mol. The number of esters is 2. The van der Waals surface area contributed by atoms with E-state index in [-0.39, 0.29) is 19.4 Å². The molecule has 0 aliphatic rings. The van der Waals surface area contributed by atoms with Gasteiger partial charge in [0.15, 0.2) is 6.10 Å². The SMILES string of the molecule is CCCCCC/C=C/CCCCCCCCCC(=O)O[C@H](COC(=O)CCCCCCCCCCCCCCC)COP(=O)(O)O. The van der Waals surface area contributed by atoms with Gasteiger partial charge < -0.3 is 19.3 Å². The summed E-state index contributed by atoms with van der Waals surface area (Å²) in [6.07, 6.45) is 35.0. The van der Waals surface area contributed by atoms with E-state index in [2.05, 4.69) is 30.5 Å². The van der Waals surface area contributed by atoms with Gasteiger partial charge in [0.25, 0.3) is 0 Å². The molecule has 0 aromatic rings. The topological polar surface area (TPSA) is 119 Å². The lowest BCUT2D eigenvalue weighted by Crippen LogP contribution is -2.29. The van der Waals surface area contributed by atoms with Gasteiger partial charge in [-0.15, -0.1) is 0 Å². The summed E-state index contributed by atoms with van der Waals surface area (Å²) in [6, 6.07) is 0. The lowest BCUT2D eigenvalue weighted by molar-refractivity contribution is -0.161. The lowest BCUT2D eigenvalue weighted by atomic mass is 10.0. The minimum Gasteiger partial charge on any atom is -0.462 e. The zero-order valence-corrected chi connectivity index (χ0v) is 30.6. The molecular weight excluding hydrogens is 603 g/mol. The summed E-state index contributed by atoms with van der Waals surface area (Å²) in [4.78, 5) is 42.7. The highest BCUT2D eigenvalue weighted by molar-refractivity contribution is 7.46. The van der Waals surface area contributed by atoms with Crippen LogP contribution < -0.4 is 0 Å². The molecule has 0 saturated carbocycles. The number of carbonyl (C=O) groups excluding carboxylic acids is 2. The largest absolute Gasteiger partial charge is 0.469 e. The Morgan fingerprint density at radius 2 is 0.913 bits per heavy atom. The fourth-order valence-corrected chi connectivity index (χ4v) is 5.79. The van der Waals surface area contributed by atoms with Crippen LogP contribution in [0.15, 0.2) is 12.2 Å². The first kappa shape index (κ1) is 44.8. The van der Waals surface area contributed by atoms with Crippen LogP contribution >= 0.6 is 7.82 Å². The van der Waals surface area contributed by atoms with Gasteiger partial charge in [-0.2, -0.15) is 0 Å². The Morgan fingerprint density at radius 3 is 1.35 bits per heavy atom. The van der Waals surface area contributed by atoms with E-state index in [9.17, 15) is 14.2 Å². The Labute approximate surface area is 282 Å². The summed E-state index contributed by atoms with van der Waals surface area (Å²) in [7, 11) is -4.74. The van der Waals surface area contributed by atoms with Crippen LogP contribution in [0.1, 0.15) is 194 Å². The molecule has 0 rings (SSSR count). The molecule has 8 nitrogen and oxygen atoms in total. The van der Waals surface area contributed by atoms with Crippen molar-refractivity contribution in [3.63, 3.8) is 0 Å². The molecule has 0 bridgehead atoms. The summed E-state index contributed by atoms with van der Waals surface area (Å²) in [5.41, 5.74) is 0. The second kappa shape index (κ2) is 33.7. The van der Waals surface area contributed by atoms with Gasteiger partial charge >= 0.3 is 19.8 Å². The molecule has 0 heterocycles. The van der Waals surface area contributed by atoms with Crippen LogP contribution in [0.2, 0.25) is 0 Å². The van der Waals surface area contributed by atoms with Crippen molar-refractivity contribution in [3.8, 4) is 0 Å². The molecule has 9 heteroatoms. The third-order valence-electron chi connectivity index (χ3n) is 8.28. The molecule has 1 atom stereocenters. The van der Waals surface area contributed by atoms with Crippen LogP contribution in [-0.2, 0) is 28.2 Å². The molecule has 2 N–H and O–H groups in total. The van der Waals surface area contributed by atoms with E-state index in [0.29, 0.717) is 6.42 Å². The average Bonchev–Trinajstić information content (AvgIpc) is 3.02. The van der Waals surface area contributed by atoms with Crippen molar-refractivity contribution in [2.75, 3.05) is 13.2 Å². The summed E-state index contributed by atoms with van der Waals surface area (Å²) >= 11 is 0. The number of hydrogen-bond donors (Lipinski definition) is 2. The number of unbranched alkanes of at least 4 members (excludes halogenated alkanes) is 23. The summed E-state index contributed by atoms with van der Waals surface area (Å²) in [6.45, 7) is 3.67. The fourth-order valence-electron chi connectivity index (χ4n) is 5.43. The van der Waals surface area contributed by atoms with Gasteiger partial charge in [-0.25, -0.2) is 4.57 Å². The minimum atomic E-state index is -4.74. The minimum absolute atomic E-state index is 0.211. The van der Waals surface area contributed by atoms with E-state index in [1.54, 1.807) is 0 Å². The van der Waals surface area contributed by atoms with Crippen molar-refractivity contribution < 1.29 is 37.9 Å². The van der Waals surface area contributed by atoms with Gasteiger partial charge in [-0.1, -0.05) is 154 Å². The molecule has 0 radical (unpaired) electrons. The molecule has 0 unspecified atom stereocenters. The van der Waals surface area contributed by atoms with Crippen molar-refractivity contribution in [2.24, 2.45) is 0 Å². The van der Waals surface area contributed by atoms with Crippen LogP contribution in [0.3, 0.4) is 0 Å². The molecule has 0 saturated heterocycles. The highest BCUT2D eigenvalue weighted by atomic mass is 31.2. The molecule has 0 aromatic carbocycles. The second-order valence-electron chi connectivity index (χ2n) is 12.9. The van der Waals surface area contributed by atoms with Crippen LogP contribution in [-0.4, -0.2) is 41.0 Å². The Hall–Kier alpha value is -1.21. The first-order valence-electron chi connectivity index (χ1n) is 19.0. The number of allylic oxidation sites excluding steroid dienone is 2. The second-order valence-corrected chi connectivity index (χ2v) is 14.1. The quantitative estimate of drug-likeness (QED) is 0.0295. The first-order chi connectivity index (χ1) is 22.3. The van der Waals surface area contributed by atoms with E-state index in [1.165, 1.54) is 116 Å². The van der Waals surface area contributed by atoms with E-state index >= 15 is 0 Å². The van der Waals surface area contributed by atoms with Crippen LogP contribution in [0, 0.1) is 0 Å². The predicted octanol–water partition coefficient (Wildman–Crippen LogP) is 11.1. The molecule has 0 aliphatic carbocycles. The van der Waals surface area contributed by atoms with Gasteiger partial charge in [-0.3, -0.25) is 14.1 Å². The van der Waals surface area contributed by atoms with Crippen molar-refractivity contribution in [1.82, 2.24) is 0 Å². The molecule has 0 fully saturated rings. The van der Waals surface area contributed by atoms with Gasteiger partial charge in [0.05, 0.1) is 6.61 Å². The summed E-state index contributed by atoms with van der Waals surface area (Å²) < 4.78 is 26.3. The number of ether oxygens (including phenoxy) is 2. The number of phosphoric acid groups is 1. The maximum atomic E-state index is 12.3. The van der Waals surface area contributed by atoms with Crippen molar-refractivity contribution in [3.05, 3.63) is 12.2 Å². The number of phosphoric ester groups is 1. The lowest BCUT2D eigenvalue weighted by Gasteiger charge is -2.18. The standard InChI is InChI=1S/C37H71O8P/c1-3-5-7-9-11-13-15-17-18-20-22-24-26-28-30-32-37(39)45-35(34-44-46(40,41)42)33-43-36(38)31-29-27-25-23-21-19-16-14-12-10-8-6-4-2/h13,15,35H,3-12,14,16-34H2,1-2H3,(H2,40,41,42)/b15-13+/t35-/m1/s1. The van der Waals surface area contributed by atoms with Gasteiger partial charge in [0, 0.05) is 12.8 Å². The molecule has 272 valence electrons. The number of hydrogen-bond acceptors (Lipinski definition) is 6. The van der Waals surface area contributed by atoms with E-state index < -0.39 is 32.5 Å². The van der Waals surface area contributed by atoms with E-state index in [0.717, 1.165) is 44.9 Å². The van der Waals surface area contributed by atoms with Crippen LogP contribution in [0.5, 0.6) is 0 Å². The maximum absolute atomic E-state index is 12.3. The fraction of sp³-hybridized carbons (Fsp3) is 0.892. The third-order valence-corrected chi connectivity index (χ3v) is 8.77. The van der Waals surface area contributed by atoms with E-state index in [1.807, 2.05) is 0 Å². The van der Waals surface area contributed by atoms with Crippen LogP contribution in [0.4, 0.5) is 0 Å². The molecule has 0 spiro atoms. The van der Waals surface area contributed by atoms with Gasteiger partial charge in [-0.05, 0) is 38.5 Å². The zero-order chi connectivity index (χ0) is 34.0. The normalized spacial score (nSPS) is 12.5. The Kier molecular flexibility index (Phi) is 32.8. The summed E-state index contributed by atoms with van der Waals surface area (Å²) in [5.74, 6) is -0.882. The average molecular weight is 675 g/mol. The van der Waals surface area contributed by atoms with Crippen molar-refractivity contribution in [1.29, 1.82) is 0 Å². The number of rotatable bonds is 35. The number of carbonyl (C=O) groups is 2. The Morgan fingerprint density at radius 1 is 0.543 bits per heavy atom. The van der Waals surface area contributed by atoms with Crippen LogP contribution in [0.25, 0.3) is 0 Å². The summed E-state index contributed by atoms with van der Waals surface area (Å²) in [5, 5.41) is 0. The molecule has 46 heavy (non-hydrogen) atoms. The zero-order valence-electron chi connectivity index (χ0n) is 29.7. The van der Waals surface area contributed by atoms with Crippen molar-refractivity contribution >= 4 is 19.8 Å². The maximum Gasteiger partial charge on any atom is 0.469 e. The highest BCUT2D eigenvalue weighted by Gasteiger charge is 2.22. The third kappa shape index (κ3) is 35.6. The molecular formula is C37H71O8P. The molecule has 0 aliphatic heterocycles. The highest BCUT2D eigenvalue weighted by Crippen LogP contribution is 2.36. The Bertz CT molecular complexity index is 766. The van der Waals surface area contributed by atoms with E-state index in [4.69, 9.17) is 19.3 Å². The predicted molar refractivity (Wildman–Crippen MR) is 189 cm³/mol. The Balaban J connectivity index is 3.94. The van der Waals surface area contributed by atoms with Crippen molar-refractivity contribution in [2.45, 2.75) is 200 Å². The molecule has 0 aromatic heterocycles. The molecule has 0 amide bonds. The first-order valence-corrected chi connectivity index (χ1v) is 20.5. The van der Waals surface area contributed by atoms with Gasteiger partial charge in [0.1, 0.15) is 6.61 Å². The van der Waals surface area contributed by atoms with Gasteiger partial charge in [0.2, 0.25) is 0 Å².